The molecule has 0 fully saturated rings. The van der Waals surface area contributed by atoms with E-state index >= 15 is 0 Å². The van der Waals surface area contributed by atoms with Crippen molar-refractivity contribution in [2.24, 2.45) is 0 Å². The molecule has 10 rings (SSSR count). The summed E-state index contributed by atoms with van der Waals surface area (Å²) in [7, 11) is 0. The minimum absolute atomic E-state index is 0.919. The van der Waals surface area contributed by atoms with E-state index in [0.717, 1.165) is 16.6 Å². The molecule has 7 aromatic carbocycles. The number of benzene rings is 7. The maximum atomic E-state index is 6.47. The van der Waals surface area contributed by atoms with Gasteiger partial charge in [0.1, 0.15) is 11.2 Å². The Morgan fingerprint density at radius 1 is 0.381 bits per heavy atom. The molecule has 2 heterocycles. The molecule has 9 aromatic rings. The van der Waals surface area contributed by atoms with Gasteiger partial charge in [0.2, 0.25) is 0 Å². The van der Waals surface area contributed by atoms with Crippen molar-refractivity contribution < 1.29 is 4.42 Å². The monoisotopic (exact) mass is 550 g/mol. The van der Waals surface area contributed by atoms with Gasteiger partial charge in [0, 0.05) is 30.9 Å². The molecular formula is C40H22OS. The molecule has 2 heteroatoms. The lowest BCUT2D eigenvalue weighted by atomic mass is 9.91. The topological polar surface area (TPSA) is 13.1 Å². The summed E-state index contributed by atoms with van der Waals surface area (Å²) in [6.45, 7) is 0. The molecular weight excluding hydrogens is 529 g/mol. The van der Waals surface area contributed by atoms with E-state index < -0.39 is 0 Å². The van der Waals surface area contributed by atoms with Gasteiger partial charge in [0.05, 0.1) is 0 Å². The average molecular weight is 551 g/mol. The number of hydrogen-bond acceptors (Lipinski definition) is 2. The zero-order valence-electron chi connectivity index (χ0n) is 22.5. The fraction of sp³-hybridized carbons (Fsp3) is 0. The van der Waals surface area contributed by atoms with Gasteiger partial charge < -0.3 is 4.42 Å². The number of thiophene rings is 1. The molecule has 0 saturated carbocycles. The van der Waals surface area contributed by atoms with Crippen LogP contribution >= 0.6 is 11.3 Å². The van der Waals surface area contributed by atoms with Crippen LogP contribution in [0.15, 0.2) is 138 Å². The molecule has 0 N–H and O–H groups in total. The highest BCUT2D eigenvalue weighted by Gasteiger charge is 2.23. The second kappa shape index (κ2) is 8.19. The fourth-order valence-corrected chi connectivity index (χ4v) is 8.47. The third-order valence-corrected chi connectivity index (χ3v) is 10.3. The second-order valence-corrected chi connectivity index (χ2v) is 12.3. The van der Waals surface area contributed by atoms with E-state index in [2.05, 4.69) is 133 Å². The molecule has 0 bridgehead atoms. The van der Waals surface area contributed by atoms with Crippen molar-refractivity contribution in [1.29, 1.82) is 0 Å². The van der Waals surface area contributed by atoms with Crippen molar-refractivity contribution >= 4 is 64.2 Å². The number of rotatable bonds is 2. The molecule has 0 atom stereocenters. The van der Waals surface area contributed by atoms with E-state index in [1.54, 1.807) is 0 Å². The SMILES string of the molecule is c1ccc2c(c1)-c1cccc3c(-c4cccc5oc6ccc(-c7cccc8c7sc7ccccc78)cc6c45)ccc-2c13. The summed E-state index contributed by atoms with van der Waals surface area (Å²) >= 11 is 1.88. The Morgan fingerprint density at radius 3 is 1.90 bits per heavy atom. The van der Waals surface area contributed by atoms with E-state index in [1.165, 1.54) is 80.8 Å². The number of hydrogen-bond donors (Lipinski definition) is 0. The highest BCUT2D eigenvalue weighted by molar-refractivity contribution is 7.26. The van der Waals surface area contributed by atoms with Crippen LogP contribution in [0.1, 0.15) is 0 Å². The molecule has 0 unspecified atom stereocenters. The zero-order chi connectivity index (χ0) is 27.4. The van der Waals surface area contributed by atoms with Crippen molar-refractivity contribution in [3.63, 3.8) is 0 Å². The smallest absolute Gasteiger partial charge is 0.136 e. The molecule has 42 heavy (non-hydrogen) atoms. The first-order valence-corrected chi connectivity index (χ1v) is 15.2. The molecule has 1 aliphatic rings. The summed E-state index contributed by atoms with van der Waals surface area (Å²) in [4.78, 5) is 0. The van der Waals surface area contributed by atoms with Gasteiger partial charge in [0.25, 0.3) is 0 Å². The molecule has 1 nitrogen and oxygen atoms in total. The summed E-state index contributed by atoms with van der Waals surface area (Å²) in [6.07, 6.45) is 0. The van der Waals surface area contributed by atoms with Crippen LogP contribution in [0, 0.1) is 0 Å². The van der Waals surface area contributed by atoms with Crippen LogP contribution in [0.3, 0.4) is 0 Å². The molecule has 1 aliphatic carbocycles. The van der Waals surface area contributed by atoms with E-state index in [0.29, 0.717) is 0 Å². The Kier molecular flexibility index (Phi) is 4.39. The van der Waals surface area contributed by atoms with Gasteiger partial charge in [-0.15, -0.1) is 11.3 Å². The van der Waals surface area contributed by atoms with Gasteiger partial charge in [0.15, 0.2) is 0 Å². The predicted molar refractivity (Wildman–Crippen MR) is 179 cm³/mol. The molecule has 2 aromatic heterocycles. The standard InChI is InChI=1S/C40H22OS/c1-2-9-26-25(8-1)29-12-6-13-30-27(19-20-32(26)38(29)30)31-14-7-16-36-39(31)34-22-23(18-21-35(34)41-36)24-11-5-15-33-28-10-3-4-17-37(28)42-40(24)33/h1-22H. The van der Waals surface area contributed by atoms with Crippen LogP contribution in [0.2, 0.25) is 0 Å². The Labute approximate surface area is 245 Å². The summed E-state index contributed by atoms with van der Waals surface area (Å²) in [5, 5.41) is 7.61. The maximum Gasteiger partial charge on any atom is 0.136 e. The van der Waals surface area contributed by atoms with Gasteiger partial charge in [-0.1, -0.05) is 109 Å². The van der Waals surface area contributed by atoms with Crippen LogP contribution in [0.5, 0.6) is 0 Å². The van der Waals surface area contributed by atoms with Crippen LogP contribution in [-0.2, 0) is 0 Å². The second-order valence-electron chi connectivity index (χ2n) is 11.2. The summed E-state index contributed by atoms with van der Waals surface area (Å²) in [5.74, 6) is 0. The highest BCUT2D eigenvalue weighted by Crippen LogP contribution is 2.50. The molecule has 0 aliphatic heterocycles. The molecule has 194 valence electrons. The summed E-state index contributed by atoms with van der Waals surface area (Å²) in [5.41, 5.74) is 12.1. The fourth-order valence-electron chi connectivity index (χ4n) is 7.24. The van der Waals surface area contributed by atoms with Gasteiger partial charge in [-0.05, 0) is 79.5 Å². The lowest BCUT2D eigenvalue weighted by molar-refractivity contribution is 0.669. The summed E-state index contributed by atoms with van der Waals surface area (Å²) < 4.78 is 9.12. The molecule has 0 saturated heterocycles. The third-order valence-electron chi connectivity index (χ3n) is 9.05. The summed E-state index contributed by atoms with van der Waals surface area (Å²) in [6, 6.07) is 48.7. The number of fused-ring (bicyclic) bond motifs is 9. The van der Waals surface area contributed by atoms with Crippen LogP contribution < -0.4 is 0 Å². The minimum Gasteiger partial charge on any atom is -0.456 e. The van der Waals surface area contributed by atoms with Crippen molar-refractivity contribution in [1.82, 2.24) is 0 Å². The van der Waals surface area contributed by atoms with Crippen molar-refractivity contribution in [2.45, 2.75) is 0 Å². The molecule has 0 amide bonds. The van der Waals surface area contributed by atoms with E-state index in [9.17, 15) is 0 Å². The first-order valence-electron chi connectivity index (χ1n) is 14.4. The van der Waals surface area contributed by atoms with E-state index in [-0.39, 0.29) is 0 Å². The van der Waals surface area contributed by atoms with E-state index in [4.69, 9.17) is 4.42 Å². The highest BCUT2D eigenvalue weighted by atomic mass is 32.1. The van der Waals surface area contributed by atoms with Gasteiger partial charge in [-0.3, -0.25) is 0 Å². The Bertz CT molecular complexity index is 2550. The maximum absolute atomic E-state index is 6.47. The van der Waals surface area contributed by atoms with Crippen LogP contribution in [0.25, 0.3) is 97.4 Å². The Balaban J connectivity index is 1.24. The normalized spacial score (nSPS) is 12.3. The van der Waals surface area contributed by atoms with Crippen molar-refractivity contribution in [2.75, 3.05) is 0 Å². The zero-order valence-corrected chi connectivity index (χ0v) is 23.3. The average Bonchev–Trinajstić information content (AvgIpc) is 3.72. The van der Waals surface area contributed by atoms with Crippen LogP contribution in [-0.4, -0.2) is 0 Å². The molecule has 0 spiro atoms. The van der Waals surface area contributed by atoms with Crippen molar-refractivity contribution in [3.05, 3.63) is 133 Å². The number of furan rings is 1. The predicted octanol–water partition coefficient (Wildman–Crippen LogP) is 12.1. The van der Waals surface area contributed by atoms with Crippen molar-refractivity contribution in [3.8, 4) is 44.5 Å². The first-order chi connectivity index (χ1) is 20.8. The Hall–Kier alpha value is -5.18. The minimum atomic E-state index is 0.919. The lowest BCUT2D eigenvalue weighted by Crippen LogP contribution is -1.85. The third kappa shape index (κ3) is 2.92. The van der Waals surface area contributed by atoms with Gasteiger partial charge in [-0.2, -0.15) is 0 Å². The van der Waals surface area contributed by atoms with E-state index in [1.807, 2.05) is 11.3 Å². The largest absolute Gasteiger partial charge is 0.456 e. The lowest BCUT2D eigenvalue weighted by Gasteiger charge is -2.11. The quantitative estimate of drug-likeness (QED) is 0.209. The van der Waals surface area contributed by atoms with Gasteiger partial charge >= 0.3 is 0 Å². The first kappa shape index (κ1) is 22.5. The van der Waals surface area contributed by atoms with Gasteiger partial charge in [-0.25, -0.2) is 0 Å². The van der Waals surface area contributed by atoms with Crippen LogP contribution in [0.4, 0.5) is 0 Å². The molecule has 0 radical (unpaired) electrons. The Morgan fingerprint density at radius 2 is 1.02 bits per heavy atom.